The fourth-order valence-corrected chi connectivity index (χ4v) is 3.60. The maximum absolute atomic E-state index is 12.5. The molecule has 2 amide bonds. The number of nitrogens with one attached hydrogen (secondary N) is 2. The minimum Gasteiger partial charge on any atom is -0.463 e. The number of ether oxygens (including phenoxy) is 1. The van der Waals surface area contributed by atoms with Crippen molar-refractivity contribution in [2.75, 3.05) is 24.6 Å². The summed E-state index contributed by atoms with van der Waals surface area (Å²) in [5.41, 5.74) is 2.95. The Morgan fingerprint density at radius 1 is 1.22 bits per heavy atom. The number of esters is 1. The Bertz CT molecular complexity index is 721. The van der Waals surface area contributed by atoms with Crippen molar-refractivity contribution in [3.8, 4) is 0 Å². The maximum atomic E-state index is 12.5. The zero-order chi connectivity index (χ0) is 19.4. The van der Waals surface area contributed by atoms with Crippen LogP contribution in [0, 0.1) is 0 Å². The van der Waals surface area contributed by atoms with Crippen LogP contribution < -0.4 is 15.5 Å². The molecule has 0 aliphatic carbocycles. The highest BCUT2D eigenvalue weighted by molar-refractivity contribution is 5.95. The predicted octanol–water partition coefficient (Wildman–Crippen LogP) is 2.23. The highest BCUT2D eigenvalue weighted by atomic mass is 16.5. The Kier molecular flexibility index (Phi) is 6.01. The third-order valence-electron chi connectivity index (χ3n) is 5.06. The van der Waals surface area contributed by atoms with Crippen molar-refractivity contribution in [1.82, 2.24) is 10.6 Å². The largest absolute Gasteiger partial charge is 0.463 e. The molecule has 7 nitrogen and oxygen atoms in total. The molecule has 3 rings (SSSR count). The number of urea groups is 1. The molecule has 0 aromatic heterocycles. The Hall–Kier alpha value is -2.54. The first-order chi connectivity index (χ1) is 13.0. The van der Waals surface area contributed by atoms with E-state index >= 15 is 0 Å². The molecule has 2 heterocycles. The quantitative estimate of drug-likeness (QED) is 0.689. The van der Waals surface area contributed by atoms with Gasteiger partial charge in [-0.25, -0.2) is 9.59 Å². The lowest BCUT2D eigenvalue weighted by molar-refractivity contribution is -0.139. The van der Waals surface area contributed by atoms with Crippen molar-refractivity contribution < 1.29 is 19.4 Å². The number of piperidine rings is 1. The molecule has 1 atom stereocenters. The summed E-state index contributed by atoms with van der Waals surface area (Å²) in [4.78, 5) is 26.8. The van der Waals surface area contributed by atoms with Crippen LogP contribution >= 0.6 is 0 Å². The van der Waals surface area contributed by atoms with Gasteiger partial charge in [0, 0.05) is 24.5 Å². The lowest BCUT2D eigenvalue weighted by Gasteiger charge is -2.32. The van der Waals surface area contributed by atoms with Gasteiger partial charge in [0.1, 0.15) is 0 Å². The van der Waals surface area contributed by atoms with Gasteiger partial charge in [-0.1, -0.05) is 19.1 Å². The van der Waals surface area contributed by atoms with Crippen LogP contribution in [0.2, 0.25) is 0 Å². The van der Waals surface area contributed by atoms with E-state index in [1.165, 1.54) is 0 Å². The van der Waals surface area contributed by atoms with Gasteiger partial charge in [-0.2, -0.15) is 0 Å². The van der Waals surface area contributed by atoms with Crippen molar-refractivity contribution in [3.63, 3.8) is 0 Å². The second-order valence-corrected chi connectivity index (χ2v) is 6.81. The number of aliphatic hydroxyl groups excluding tert-OH is 1. The molecule has 1 unspecified atom stereocenters. The summed E-state index contributed by atoms with van der Waals surface area (Å²) in [5, 5.41) is 15.2. The molecule has 0 saturated carbocycles. The number of amides is 2. The summed E-state index contributed by atoms with van der Waals surface area (Å²) in [6.07, 6.45) is 1.85. The fraction of sp³-hybridized carbons (Fsp3) is 0.500. The van der Waals surface area contributed by atoms with Crippen LogP contribution in [0.15, 0.2) is 35.5 Å². The first kappa shape index (κ1) is 19.2. The van der Waals surface area contributed by atoms with Gasteiger partial charge in [-0.05, 0) is 43.9 Å². The number of aliphatic hydroxyl groups is 1. The molecule has 7 heteroatoms. The van der Waals surface area contributed by atoms with Crippen LogP contribution in [-0.4, -0.2) is 42.9 Å². The minimum atomic E-state index is -0.537. The third kappa shape index (κ3) is 4.24. The molecular weight excluding hydrogens is 346 g/mol. The summed E-state index contributed by atoms with van der Waals surface area (Å²) in [6, 6.07) is 7.00. The van der Waals surface area contributed by atoms with Gasteiger partial charge in [0.2, 0.25) is 0 Å². The molecule has 0 radical (unpaired) electrons. The number of hydrogen-bond acceptors (Lipinski definition) is 5. The van der Waals surface area contributed by atoms with E-state index in [9.17, 15) is 14.7 Å². The van der Waals surface area contributed by atoms with Gasteiger partial charge in [-0.3, -0.25) is 0 Å². The normalized spacial score (nSPS) is 20.9. The molecule has 27 heavy (non-hydrogen) atoms. The molecule has 1 fully saturated rings. The van der Waals surface area contributed by atoms with E-state index in [0.29, 0.717) is 17.7 Å². The molecule has 0 bridgehead atoms. The summed E-state index contributed by atoms with van der Waals surface area (Å²) >= 11 is 0. The SMILES string of the molecule is CCOC(=O)C1=C(CC)NC(=O)NC1c1ccc(N2CCC(O)CC2)cc1. The van der Waals surface area contributed by atoms with Crippen molar-refractivity contribution in [1.29, 1.82) is 0 Å². The molecule has 0 spiro atoms. The first-order valence-electron chi connectivity index (χ1n) is 9.54. The standard InChI is InChI=1S/C20H27N3O4/c1-3-16-17(19(25)27-4-2)18(22-20(26)21-16)13-5-7-14(8-6-13)23-11-9-15(24)10-12-23/h5-8,15,18,24H,3-4,9-12H2,1-2H3,(H2,21,22,26). The van der Waals surface area contributed by atoms with Crippen LogP contribution in [0.5, 0.6) is 0 Å². The number of allylic oxidation sites excluding steroid dienone is 1. The third-order valence-corrected chi connectivity index (χ3v) is 5.06. The molecule has 3 N–H and O–H groups in total. The highest BCUT2D eigenvalue weighted by Crippen LogP contribution is 2.30. The van der Waals surface area contributed by atoms with Crippen molar-refractivity contribution >= 4 is 17.7 Å². The molecular formula is C20H27N3O4. The van der Waals surface area contributed by atoms with Crippen molar-refractivity contribution in [2.45, 2.75) is 45.3 Å². The van der Waals surface area contributed by atoms with Gasteiger partial charge >= 0.3 is 12.0 Å². The monoisotopic (exact) mass is 373 g/mol. The summed E-state index contributed by atoms with van der Waals surface area (Å²) in [7, 11) is 0. The van der Waals surface area contributed by atoms with E-state index in [1.807, 2.05) is 31.2 Å². The van der Waals surface area contributed by atoms with Crippen molar-refractivity contribution in [2.24, 2.45) is 0 Å². The van der Waals surface area contributed by atoms with Crippen LogP contribution in [0.4, 0.5) is 10.5 Å². The smallest absolute Gasteiger partial charge is 0.338 e. The lowest BCUT2D eigenvalue weighted by atomic mass is 9.94. The topological polar surface area (TPSA) is 90.9 Å². The summed E-state index contributed by atoms with van der Waals surface area (Å²) in [6.45, 7) is 5.57. The van der Waals surface area contributed by atoms with Gasteiger partial charge in [-0.15, -0.1) is 0 Å². The zero-order valence-corrected chi connectivity index (χ0v) is 15.8. The number of carbonyl (C=O) groups excluding carboxylic acids is 2. The lowest BCUT2D eigenvalue weighted by Crippen LogP contribution is -2.45. The molecule has 1 saturated heterocycles. The Morgan fingerprint density at radius 2 is 1.89 bits per heavy atom. The second kappa shape index (κ2) is 8.43. The van der Waals surface area contributed by atoms with Crippen LogP contribution in [0.1, 0.15) is 44.7 Å². The molecule has 1 aromatic rings. The molecule has 2 aliphatic rings. The van der Waals surface area contributed by atoms with Crippen LogP contribution in [0.25, 0.3) is 0 Å². The van der Waals surface area contributed by atoms with Crippen LogP contribution in [0.3, 0.4) is 0 Å². The Labute approximate surface area is 159 Å². The number of nitrogens with zero attached hydrogens (tertiary/aromatic N) is 1. The van der Waals surface area contributed by atoms with Crippen molar-refractivity contribution in [3.05, 3.63) is 41.1 Å². The van der Waals surface area contributed by atoms with E-state index < -0.39 is 12.0 Å². The number of anilines is 1. The fourth-order valence-electron chi connectivity index (χ4n) is 3.60. The Balaban J connectivity index is 1.86. The van der Waals surface area contributed by atoms with Gasteiger partial charge < -0.3 is 25.4 Å². The zero-order valence-electron chi connectivity index (χ0n) is 15.8. The van der Waals surface area contributed by atoms with E-state index in [1.54, 1.807) is 6.92 Å². The van der Waals surface area contributed by atoms with E-state index in [2.05, 4.69) is 15.5 Å². The molecule has 146 valence electrons. The van der Waals surface area contributed by atoms with E-state index in [4.69, 9.17) is 4.74 Å². The van der Waals surface area contributed by atoms with Gasteiger partial charge in [0.25, 0.3) is 0 Å². The Morgan fingerprint density at radius 3 is 2.48 bits per heavy atom. The number of hydrogen-bond donors (Lipinski definition) is 3. The van der Waals surface area contributed by atoms with E-state index in [0.717, 1.165) is 37.2 Å². The van der Waals surface area contributed by atoms with Gasteiger partial charge in [0.05, 0.1) is 24.3 Å². The predicted molar refractivity (Wildman–Crippen MR) is 102 cm³/mol. The maximum Gasteiger partial charge on any atom is 0.338 e. The van der Waals surface area contributed by atoms with Gasteiger partial charge in [0.15, 0.2) is 0 Å². The number of rotatable bonds is 5. The first-order valence-corrected chi connectivity index (χ1v) is 9.54. The number of benzene rings is 1. The summed E-state index contributed by atoms with van der Waals surface area (Å²) in [5.74, 6) is -0.416. The highest BCUT2D eigenvalue weighted by Gasteiger charge is 2.33. The second-order valence-electron chi connectivity index (χ2n) is 6.81. The molecule has 2 aliphatic heterocycles. The molecule has 1 aromatic carbocycles. The average Bonchev–Trinajstić information content (AvgIpc) is 2.68. The van der Waals surface area contributed by atoms with E-state index in [-0.39, 0.29) is 18.7 Å². The average molecular weight is 373 g/mol. The number of carbonyl (C=O) groups is 2. The van der Waals surface area contributed by atoms with Crippen LogP contribution in [-0.2, 0) is 9.53 Å². The minimum absolute atomic E-state index is 0.213. The summed E-state index contributed by atoms with van der Waals surface area (Å²) < 4.78 is 5.21.